The van der Waals surface area contributed by atoms with Gasteiger partial charge in [-0.2, -0.15) is 0 Å². The van der Waals surface area contributed by atoms with Crippen LogP contribution in [0, 0.1) is 0 Å². The maximum absolute atomic E-state index is 5.95. The number of nitrogens with one attached hydrogen (secondary N) is 1. The second-order valence-electron chi connectivity index (χ2n) is 6.12. The van der Waals surface area contributed by atoms with Gasteiger partial charge in [-0.3, -0.25) is 4.98 Å². The highest BCUT2D eigenvalue weighted by Crippen LogP contribution is 2.15. The van der Waals surface area contributed by atoms with E-state index in [1.165, 1.54) is 0 Å². The van der Waals surface area contributed by atoms with E-state index in [-0.39, 0.29) is 0 Å². The first-order valence-electron chi connectivity index (χ1n) is 8.99. The molecule has 0 saturated carbocycles. The number of rotatable bonds is 8. The number of ether oxygens (including phenoxy) is 1. The van der Waals surface area contributed by atoms with Crippen LogP contribution in [0.25, 0.3) is 0 Å². The molecule has 0 atom stereocenters. The lowest BCUT2D eigenvalue weighted by atomic mass is 10.2. The molecule has 0 fully saturated rings. The highest BCUT2D eigenvalue weighted by atomic mass is 16.5. The fourth-order valence-electron chi connectivity index (χ4n) is 2.57. The van der Waals surface area contributed by atoms with Gasteiger partial charge in [0.2, 0.25) is 0 Å². The third kappa shape index (κ3) is 6.47. The molecule has 3 rings (SSSR count). The molecule has 0 bridgehead atoms. The second-order valence-corrected chi connectivity index (χ2v) is 6.12. The van der Waals surface area contributed by atoms with Gasteiger partial charge < -0.3 is 15.8 Å². The lowest BCUT2D eigenvalue weighted by Gasteiger charge is -2.08. The lowest BCUT2D eigenvalue weighted by molar-refractivity contribution is 0.306. The maximum atomic E-state index is 5.95. The molecule has 5 nitrogen and oxygen atoms in total. The molecule has 0 unspecified atom stereocenters. The third-order valence-corrected chi connectivity index (χ3v) is 3.99. The van der Waals surface area contributed by atoms with Gasteiger partial charge in [0.15, 0.2) is 5.96 Å². The first-order valence-corrected chi connectivity index (χ1v) is 8.99. The van der Waals surface area contributed by atoms with Crippen molar-refractivity contribution in [3.63, 3.8) is 0 Å². The summed E-state index contributed by atoms with van der Waals surface area (Å²) in [4.78, 5) is 8.68. The zero-order valence-corrected chi connectivity index (χ0v) is 15.2. The van der Waals surface area contributed by atoms with Crippen molar-refractivity contribution < 1.29 is 4.74 Å². The minimum atomic E-state index is 0.432. The second kappa shape index (κ2) is 9.97. The Morgan fingerprint density at radius 3 is 2.59 bits per heavy atom. The van der Waals surface area contributed by atoms with Crippen LogP contribution in [-0.4, -0.2) is 17.5 Å². The number of hydrogen-bond acceptors (Lipinski definition) is 3. The van der Waals surface area contributed by atoms with Crippen LogP contribution in [0.2, 0.25) is 0 Å². The summed E-state index contributed by atoms with van der Waals surface area (Å²) in [5.41, 5.74) is 9.17. The topological polar surface area (TPSA) is 72.5 Å². The largest absolute Gasteiger partial charge is 0.489 e. The number of pyridine rings is 1. The van der Waals surface area contributed by atoms with Crippen molar-refractivity contribution in [2.24, 2.45) is 10.7 Å². The van der Waals surface area contributed by atoms with E-state index in [4.69, 9.17) is 10.5 Å². The SMILES string of the molecule is NC(=NCc1cccc(OCc2ccccc2)c1)NCCc1ccccn1. The lowest BCUT2D eigenvalue weighted by Crippen LogP contribution is -2.33. The van der Waals surface area contributed by atoms with Crippen LogP contribution >= 0.6 is 0 Å². The molecular formula is C22H24N4O. The van der Waals surface area contributed by atoms with Crippen LogP contribution in [0.4, 0.5) is 0 Å². The summed E-state index contributed by atoms with van der Waals surface area (Å²) in [6.07, 6.45) is 2.60. The Kier molecular flexibility index (Phi) is 6.81. The minimum absolute atomic E-state index is 0.432. The molecule has 5 heteroatoms. The van der Waals surface area contributed by atoms with Crippen LogP contribution < -0.4 is 15.8 Å². The Morgan fingerprint density at radius 1 is 0.963 bits per heavy atom. The Hall–Kier alpha value is -3.34. The Balaban J connectivity index is 1.46. The number of nitrogens with two attached hydrogens (primary N) is 1. The highest BCUT2D eigenvalue weighted by Gasteiger charge is 1.99. The molecule has 1 aromatic heterocycles. The van der Waals surface area contributed by atoms with Gasteiger partial charge in [-0.15, -0.1) is 0 Å². The summed E-state index contributed by atoms with van der Waals surface area (Å²) in [5, 5.41) is 3.12. The van der Waals surface area contributed by atoms with Crippen molar-refractivity contribution in [3.05, 3.63) is 95.8 Å². The van der Waals surface area contributed by atoms with Crippen LogP contribution in [0.3, 0.4) is 0 Å². The quantitative estimate of drug-likeness (QED) is 0.477. The van der Waals surface area contributed by atoms with Crippen LogP contribution in [0.1, 0.15) is 16.8 Å². The number of hydrogen-bond donors (Lipinski definition) is 2. The van der Waals surface area contributed by atoms with E-state index in [1.807, 2.05) is 72.8 Å². The normalized spacial score (nSPS) is 11.2. The van der Waals surface area contributed by atoms with Crippen LogP contribution in [0.15, 0.2) is 84.0 Å². The molecule has 0 radical (unpaired) electrons. The standard InChI is InChI=1S/C22H24N4O/c23-22(25-14-12-20-10-4-5-13-24-20)26-16-19-9-6-11-21(15-19)27-17-18-7-2-1-3-8-18/h1-11,13,15H,12,14,16-17H2,(H3,23,25,26). The van der Waals surface area contributed by atoms with E-state index in [0.29, 0.717) is 25.7 Å². The molecular weight excluding hydrogens is 336 g/mol. The summed E-state index contributed by atoms with van der Waals surface area (Å²) in [7, 11) is 0. The van der Waals surface area contributed by atoms with Crippen molar-refractivity contribution in [3.8, 4) is 5.75 Å². The van der Waals surface area contributed by atoms with E-state index in [1.54, 1.807) is 6.20 Å². The van der Waals surface area contributed by atoms with Gasteiger partial charge in [0, 0.05) is 24.9 Å². The maximum Gasteiger partial charge on any atom is 0.188 e. The molecule has 0 amide bonds. The monoisotopic (exact) mass is 360 g/mol. The molecule has 0 aliphatic rings. The Morgan fingerprint density at radius 2 is 1.78 bits per heavy atom. The molecule has 0 spiro atoms. The zero-order chi connectivity index (χ0) is 18.7. The number of nitrogens with zero attached hydrogens (tertiary/aromatic N) is 2. The molecule has 0 aliphatic heterocycles. The van der Waals surface area contributed by atoms with E-state index in [0.717, 1.165) is 29.0 Å². The predicted molar refractivity (Wildman–Crippen MR) is 108 cm³/mol. The molecule has 3 N–H and O–H groups in total. The summed E-state index contributed by atoms with van der Waals surface area (Å²) in [5.74, 6) is 1.26. The van der Waals surface area contributed by atoms with Gasteiger partial charge in [0.25, 0.3) is 0 Å². The van der Waals surface area contributed by atoms with Crippen LogP contribution in [0.5, 0.6) is 5.75 Å². The van der Waals surface area contributed by atoms with Gasteiger partial charge in [0.1, 0.15) is 12.4 Å². The average molecular weight is 360 g/mol. The first kappa shape index (κ1) is 18.5. The van der Waals surface area contributed by atoms with E-state index >= 15 is 0 Å². The van der Waals surface area contributed by atoms with E-state index in [2.05, 4.69) is 15.3 Å². The summed E-state index contributed by atoms with van der Waals surface area (Å²) in [6.45, 7) is 1.75. The van der Waals surface area contributed by atoms with E-state index < -0.39 is 0 Å². The highest BCUT2D eigenvalue weighted by molar-refractivity contribution is 5.77. The van der Waals surface area contributed by atoms with Gasteiger partial charge in [-0.1, -0.05) is 48.5 Å². The van der Waals surface area contributed by atoms with Crippen molar-refractivity contribution >= 4 is 5.96 Å². The summed E-state index contributed by atoms with van der Waals surface area (Å²) >= 11 is 0. The smallest absolute Gasteiger partial charge is 0.188 e. The average Bonchev–Trinajstić information content (AvgIpc) is 2.73. The van der Waals surface area contributed by atoms with Gasteiger partial charge in [-0.05, 0) is 35.4 Å². The Bertz CT molecular complexity index is 850. The molecule has 0 aliphatic carbocycles. The fraction of sp³-hybridized carbons (Fsp3) is 0.182. The molecule has 1 heterocycles. The Labute approximate surface area is 159 Å². The first-order chi connectivity index (χ1) is 13.3. The third-order valence-electron chi connectivity index (χ3n) is 3.99. The van der Waals surface area contributed by atoms with Crippen LogP contribution in [-0.2, 0) is 19.6 Å². The van der Waals surface area contributed by atoms with Crippen molar-refractivity contribution in [1.82, 2.24) is 10.3 Å². The van der Waals surface area contributed by atoms with Crippen molar-refractivity contribution in [2.45, 2.75) is 19.6 Å². The fourth-order valence-corrected chi connectivity index (χ4v) is 2.57. The summed E-state index contributed by atoms with van der Waals surface area (Å²) < 4.78 is 5.85. The number of guanidine groups is 1. The van der Waals surface area contributed by atoms with Gasteiger partial charge >= 0.3 is 0 Å². The zero-order valence-electron chi connectivity index (χ0n) is 15.2. The number of benzene rings is 2. The summed E-state index contributed by atoms with van der Waals surface area (Å²) in [6, 6.07) is 23.9. The number of aliphatic imine (C=N–C) groups is 1. The predicted octanol–water partition coefficient (Wildman–Crippen LogP) is 3.31. The number of aromatic nitrogens is 1. The molecule has 138 valence electrons. The van der Waals surface area contributed by atoms with Gasteiger partial charge in [-0.25, -0.2) is 4.99 Å². The van der Waals surface area contributed by atoms with Crippen molar-refractivity contribution in [1.29, 1.82) is 0 Å². The molecule has 27 heavy (non-hydrogen) atoms. The molecule has 3 aromatic rings. The minimum Gasteiger partial charge on any atom is -0.489 e. The molecule has 0 saturated heterocycles. The van der Waals surface area contributed by atoms with Gasteiger partial charge in [0.05, 0.1) is 6.54 Å². The van der Waals surface area contributed by atoms with E-state index in [9.17, 15) is 0 Å². The molecule has 2 aromatic carbocycles. The van der Waals surface area contributed by atoms with Crippen molar-refractivity contribution in [2.75, 3.05) is 6.54 Å².